The van der Waals surface area contributed by atoms with E-state index in [4.69, 9.17) is 16.0 Å². The van der Waals surface area contributed by atoms with Crippen LogP contribution in [0, 0.1) is 12.8 Å². The van der Waals surface area contributed by atoms with Gasteiger partial charge in [-0.1, -0.05) is 49.6 Å². The molecule has 2 N–H and O–H groups in total. The van der Waals surface area contributed by atoms with Gasteiger partial charge in [-0.2, -0.15) is 0 Å². The van der Waals surface area contributed by atoms with Gasteiger partial charge in [0.1, 0.15) is 12.3 Å². The molecule has 3 aromatic rings. The zero-order valence-corrected chi connectivity index (χ0v) is 19.3. The molecule has 0 saturated heterocycles. The maximum absolute atomic E-state index is 12.8. The fourth-order valence-corrected chi connectivity index (χ4v) is 3.33. The summed E-state index contributed by atoms with van der Waals surface area (Å²) in [4.78, 5) is 29.9. The summed E-state index contributed by atoms with van der Waals surface area (Å²) in [6.45, 7) is 6.35. The minimum Gasteiger partial charge on any atom is -0.444 e. The molecule has 7 heteroatoms. The zero-order chi connectivity index (χ0) is 23.1. The summed E-state index contributed by atoms with van der Waals surface area (Å²) in [5.41, 5.74) is 3.29. The summed E-state index contributed by atoms with van der Waals surface area (Å²) < 4.78 is 5.57. The molecule has 0 bridgehead atoms. The molecule has 32 heavy (non-hydrogen) atoms. The Hall–Kier alpha value is -3.12. The molecule has 0 aliphatic rings. The van der Waals surface area contributed by atoms with Crippen LogP contribution in [0.5, 0.6) is 0 Å². The summed E-state index contributed by atoms with van der Waals surface area (Å²) in [5, 5.41) is 6.32. The van der Waals surface area contributed by atoms with E-state index in [0.29, 0.717) is 29.4 Å². The molecule has 0 fully saturated rings. The molecule has 2 atom stereocenters. The van der Waals surface area contributed by atoms with Gasteiger partial charge in [0.25, 0.3) is 5.91 Å². The van der Waals surface area contributed by atoms with Crippen molar-refractivity contribution >= 4 is 23.4 Å². The Bertz CT molecular complexity index is 1050. The molecule has 0 aliphatic heterocycles. The lowest BCUT2D eigenvalue weighted by Crippen LogP contribution is -2.50. The first-order chi connectivity index (χ1) is 15.4. The first-order valence-electron chi connectivity index (χ1n) is 10.7. The Morgan fingerprint density at radius 1 is 1.09 bits per heavy atom. The first-order valence-corrected chi connectivity index (χ1v) is 11.1. The number of hydrogen-bond acceptors (Lipinski definition) is 4. The van der Waals surface area contributed by atoms with Gasteiger partial charge in [-0.15, -0.1) is 0 Å². The number of nitrogens with zero attached hydrogens (tertiary/aromatic N) is 1. The first kappa shape index (κ1) is 23.5. The van der Waals surface area contributed by atoms with Gasteiger partial charge in [0, 0.05) is 29.1 Å². The Kier molecular flexibility index (Phi) is 8.06. The molecule has 0 aliphatic carbocycles. The van der Waals surface area contributed by atoms with Gasteiger partial charge < -0.3 is 15.1 Å². The lowest BCUT2D eigenvalue weighted by molar-refractivity contribution is -0.124. The fraction of sp³-hybridized carbons (Fsp3) is 0.320. The second-order valence-electron chi connectivity index (χ2n) is 7.89. The number of carbonyl (C=O) groups is 2. The number of hydrogen-bond donors (Lipinski definition) is 2. The average molecular weight is 454 g/mol. The maximum Gasteiger partial charge on any atom is 0.251 e. The number of halogens is 1. The van der Waals surface area contributed by atoms with E-state index in [0.717, 1.165) is 17.7 Å². The standard InChI is InChI=1S/C25H28ClN3O3/c1-4-17(3)22(29-23(30)18-9-11-20(26)12-10-18)24(31)27-14-13-21-15-32-25(28-21)19-7-5-16(2)6-8-19/h5-12,15,17,22H,4,13-14H2,1-3H3,(H,27,31)(H,29,30). The summed E-state index contributed by atoms with van der Waals surface area (Å²) in [6, 6.07) is 13.9. The van der Waals surface area contributed by atoms with E-state index in [9.17, 15) is 9.59 Å². The lowest BCUT2D eigenvalue weighted by Gasteiger charge is -2.23. The predicted molar refractivity (Wildman–Crippen MR) is 126 cm³/mol. The lowest BCUT2D eigenvalue weighted by atomic mass is 9.97. The van der Waals surface area contributed by atoms with E-state index in [2.05, 4.69) is 15.6 Å². The van der Waals surface area contributed by atoms with E-state index in [1.54, 1.807) is 30.5 Å². The summed E-state index contributed by atoms with van der Waals surface area (Å²) in [5.74, 6) is 0.00995. The van der Waals surface area contributed by atoms with Crippen molar-refractivity contribution in [2.75, 3.05) is 6.54 Å². The molecular formula is C25H28ClN3O3. The van der Waals surface area contributed by atoms with Crippen LogP contribution >= 0.6 is 11.6 Å². The van der Waals surface area contributed by atoms with Crippen molar-refractivity contribution in [1.82, 2.24) is 15.6 Å². The third-order valence-electron chi connectivity index (χ3n) is 5.42. The largest absolute Gasteiger partial charge is 0.444 e. The number of nitrogens with one attached hydrogen (secondary N) is 2. The van der Waals surface area contributed by atoms with Crippen LogP contribution in [-0.2, 0) is 11.2 Å². The van der Waals surface area contributed by atoms with Gasteiger partial charge >= 0.3 is 0 Å². The van der Waals surface area contributed by atoms with Crippen molar-refractivity contribution in [3.05, 3.63) is 76.6 Å². The van der Waals surface area contributed by atoms with Crippen LogP contribution in [0.25, 0.3) is 11.5 Å². The molecule has 2 unspecified atom stereocenters. The van der Waals surface area contributed by atoms with Gasteiger partial charge in [-0.3, -0.25) is 9.59 Å². The molecule has 2 amide bonds. The van der Waals surface area contributed by atoms with Crippen molar-refractivity contribution in [3.63, 3.8) is 0 Å². The van der Waals surface area contributed by atoms with Gasteiger partial charge in [0.05, 0.1) is 5.69 Å². The summed E-state index contributed by atoms with van der Waals surface area (Å²) in [6.07, 6.45) is 2.89. The molecule has 0 spiro atoms. The van der Waals surface area contributed by atoms with Crippen LogP contribution in [0.1, 0.15) is 41.9 Å². The number of carbonyl (C=O) groups excluding carboxylic acids is 2. The van der Waals surface area contributed by atoms with Crippen LogP contribution in [0.15, 0.2) is 59.2 Å². The SMILES string of the molecule is CCC(C)C(NC(=O)c1ccc(Cl)cc1)C(=O)NCCc1coc(-c2ccc(C)cc2)n1. The molecule has 1 heterocycles. The minimum absolute atomic E-state index is 0.0218. The average Bonchev–Trinajstić information content (AvgIpc) is 3.26. The summed E-state index contributed by atoms with van der Waals surface area (Å²) >= 11 is 5.89. The highest BCUT2D eigenvalue weighted by Crippen LogP contribution is 2.19. The van der Waals surface area contributed by atoms with E-state index >= 15 is 0 Å². The van der Waals surface area contributed by atoms with Crippen molar-refractivity contribution < 1.29 is 14.0 Å². The zero-order valence-electron chi connectivity index (χ0n) is 18.5. The molecule has 0 radical (unpaired) electrons. The number of oxazole rings is 1. The second kappa shape index (κ2) is 11.0. The molecule has 1 aromatic heterocycles. The second-order valence-corrected chi connectivity index (χ2v) is 8.33. The Morgan fingerprint density at radius 3 is 2.44 bits per heavy atom. The van der Waals surface area contributed by atoms with Crippen LogP contribution < -0.4 is 10.6 Å². The molecule has 0 saturated carbocycles. The summed E-state index contributed by atoms with van der Waals surface area (Å²) in [7, 11) is 0. The third kappa shape index (κ3) is 6.20. The van der Waals surface area contributed by atoms with E-state index in [1.807, 2.05) is 45.0 Å². The van der Waals surface area contributed by atoms with Crippen LogP contribution in [0.3, 0.4) is 0 Å². The smallest absolute Gasteiger partial charge is 0.251 e. The number of amides is 2. The molecule has 3 rings (SSSR count). The Morgan fingerprint density at radius 2 is 1.78 bits per heavy atom. The maximum atomic E-state index is 12.8. The van der Waals surface area contributed by atoms with Crippen molar-refractivity contribution in [1.29, 1.82) is 0 Å². The number of aryl methyl sites for hydroxylation is 1. The quantitative estimate of drug-likeness (QED) is 0.487. The Balaban J connectivity index is 1.56. The highest BCUT2D eigenvalue weighted by molar-refractivity contribution is 6.30. The van der Waals surface area contributed by atoms with Gasteiger partial charge in [0.2, 0.25) is 11.8 Å². The van der Waals surface area contributed by atoms with Crippen molar-refractivity contribution in [3.8, 4) is 11.5 Å². The number of aromatic nitrogens is 1. The number of benzene rings is 2. The fourth-order valence-electron chi connectivity index (χ4n) is 3.20. The molecule has 168 valence electrons. The van der Waals surface area contributed by atoms with Gasteiger partial charge in [0.15, 0.2) is 0 Å². The van der Waals surface area contributed by atoms with Crippen LogP contribution in [0.2, 0.25) is 5.02 Å². The van der Waals surface area contributed by atoms with Crippen LogP contribution in [-0.4, -0.2) is 29.4 Å². The molecular weight excluding hydrogens is 426 g/mol. The third-order valence-corrected chi connectivity index (χ3v) is 5.67. The van der Waals surface area contributed by atoms with E-state index in [-0.39, 0.29) is 17.7 Å². The van der Waals surface area contributed by atoms with Crippen molar-refractivity contribution in [2.45, 2.75) is 39.7 Å². The predicted octanol–water partition coefficient (Wildman–Crippen LogP) is 4.81. The van der Waals surface area contributed by atoms with Crippen molar-refractivity contribution in [2.24, 2.45) is 5.92 Å². The normalized spacial score (nSPS) is 12.8. The molecule has 2 aromatic carbocycles. The van der Waals surface area contributed by atoms with E-state index in [1.165, 1.54) is 5.56 Å². The monoisotopic (exact) mass is 453 g/mol. The number of rotatable bonds is 9. The topological polar surface area (TPSA) is 84.2 Å². The van der Waals surface area contributed by atoms with Crippen LogP contribution in [0.4, 0.5) is 0 Å². The van der Waals surface area contributed by atoms with Gasteiger partial charge in [-0.25, -0.2) is 4.98 Å². The van der Waals surface area contributed by atoms with Gasteiger partial charge in [-0.05, 0) is 49.2 Å². The Labute approximate surface area is 193 Å². The molecule has 6 nitrogen and oxygen atoms in total. The van der Waals surface area contributed by atoms with E-state index < -0.39 is 6.04 Å². The highest BCUT2D eigenvalue weighted by atomic mass is 35.5. The minimum atomic E-state index is -0.636. The highest BCUT2D eigenvalue weighted by Gasteiger charge is 2.26.